The van der Waals surface area contributed by atoms with E-state index < -0.39 is 7.12 Å². The van der Waals surface area contributed by atoms with Gasteiger partial charge < -0.3 is 55.5 Å². The predicted molar refractivity (Wildman–Crippen MR) is 225 cm³/mol. The van der Waals surface area contributed by atoms with Gasteiger partial charge in [0.15, 0.2) is 0 Å². The van der Waals surface area contributed by atoms with Crippen LogP contribution in [0.15, 0.2) is 86.9 Å². The van der Waals surface area contributed by atoms with Gasteiger partial charge in [-0.25, -0.2) is 15.0 Å². The number of nitrogen functional groups attached to an aromatic ring is 3. The van der Waals surface area contributed by atoms with Gasteiger partial charge in [0.2, 0.25) is 0 Å². The molecule has 298 valence electrons. The zero-order valence-electron chi connectivity index (χ0n) is 32.9. The van der Waals surface area contributed by atoms with Gasteiger partial charge in [-0.15, -0.1) is 0 Å². The molecule has 0 spiro atoms. The standard InChI is InChI=1S/C13H21N3O.C13H17N3O.C9H14BrN3.C4H5BO3/c2*1-16(2)7-5-12-11(3-4-13(14)15-12)10-6-8-17-9-10;1-13(2)6-5-8-7(10)3-4-9(11)12-8;6-5(7)4-1-2-8-3-4/h3-4,10H,5-9H2,1-2H3,(H2,14,15);3-4,6,8-9H,5,7H2,1-2H3,(H2,14,15);3-4H,5-6H2,1-2H3,(H2,11,12);1-3,6-7H. The quantitative estimate of drug-likeness (QED) is 0.114. The van der Waals surface area contributed by atoms with Crippen molar-refractivity contribution in [1.29, 1.82) is 0 Å². The maximum absolute atomic E-state index is 8.41. The normalized spacial score (nSPS) is 13.5. The lowest BCUT2D eigenvalue weighted by atomic mass is 9.83. The minimum Gasteiger partial charge on any atom is -0.473 e. The van der Waals surface area contributed by atoms with Crippen LogP contribution in [0.25, 0.3) is 11.1 Å². The van der Waals surface area contributed by atoms with Crippen LogP contribution in [0, 0.1) is 0 Å². The fourth-order valence-electron chi connectivity index (χ4n) is 5.36. The third-order valence-electron chi connectivity index (χ3n) is 8.40. The van der Waals surface area contributed by atoms with Gasteiger partial charge in [-0.1, -0.05) is 6.07 Å². The number of nitrogens with two attached hydrogens (primary N) is 3. The first-order chi connectivity index (χ1) is 26.2. The molecule has 0 bridgehead atoms. The van der Waals surface area contributed by atoms with Crippen molar-refractivity contribution in [3.8, 4) is 11.1 Å². The van der Waals surface area contributed by atoms with E-state index in [0.29, 0.717) is 28.8 Å². The molecule has 1 atom stereocenters. The van der Waals surface area contributed by atoms with E-state index in [1.54, 1.807) is 18.6 Å². The minimum absolute atomic E-state index is 0.380. The van der Waals surface area contributed by atoms with Crippen molar-refractivity contribution in [2.45, 2.75) is 31.6 Å². The topological polar surface area (TPSA) is 202 Å². The Kier molecular flexibility index (Phi) is 19.3. The van der Waals surface area contributed by atoms with Crippen molar-refractivity contribution < 1.29 is 23.6 Å². The molecule has 1 saturated heterocycles. The van der Waals surface area contributed by atoms with Crippen LogP contribution in [0.2, 0.25) is 0 Å². The van der Waals surface area contributed by atoms with Crippen LogP contribution in [0.3, 0.4) is 0 Å². The number of hydrogen-bond acceptors (Lipinski definition) is 14. The molecular formula is C39H57BBrN9O5. The number of anilines is 3. The van der Waals surface area contributed by atoms with Gasteiger partial charge in [-0.05, 0) is 113 Å². The van der Waals surface area contributed by atoms with E-state index in [0.717, 1.165) is 91.2 Å². The van der Waals surface area contributed by atoms with E-state index in [1.165, 1.54) is 24.2 Å². The average Bonchev–Trinajstić information content (AvgIpc) is 3.96. The van der Waals surface area contributed by atoms with Gasteiger partial charge in [0.05, 0.1) is 43.0 Å². The molecule has 0 saturated carbocycles. The molecule has 1 aliphatic rings. The lowest BCUT2D eigenvalue weighted by Crippen LogP contribution is -2.27. The van der Waals surface area contributed by atoms with E-state index in [4.69, 9.17) is 36.4 Å². The molecule has 0 amide bonds. The summed E-state index contributed by atoms with van der Waals surface area (Å²) in [4.78, 5) is 19.6. The Bertz CT molecular complexity index is 1800. The number of pyridine rings is 3. The fraction of sp³-hybridized carbons (Fsp3) is 0.410. The third kappa shape index (κ3) is 16.5. The Labute approximate surface area is 334 Å². The van der Waals surface area contributed by atoms with E-state index in [1.807, 2.05) is 58.5 Å². The highest BCUT2D eigenvalue weighted by molar-refractivity contribution is 9.10. The second-order valence-electron chi connectivity index (χ2n) is 13.8. The van der Waals surface area contributed by atoms with Gasteiger partial charge in [-0.3, -0.25) is 0 Å². The Hall–Kier alpha value is -4.29. The van der Waals surface area contributed by atoms with Gasteiger partial charge in [0, 0.05) is 78.2 Å². The summed E-state index contributed by atoms with van der Waals surface area (Å²) in [5, 5.41) is 16.8. The van der Waals surface area contributed by atoms with Crippen LogP contribution in [0.1, 0.15) is 35.0 Å². The van der Waals surface area contributed by atoms with Crippen molar-refractivity contribution in [2.24, 2.45) is 0 Å². The molecule has 5 aromatic rings. The van der Waals surface area contributed by atoms with E-state index >= 15 is 0 Å². The van der Waals surface area contributed by atoms with Crippen molar-refractivity contribution in [2.75, 3.05) is 92.3 Å². The summed E-state index contributed by atoms with van der Waals surface area (Å²) in [7, 11) is 10.9. The number of hydrogen-bond donors (Lipinski definition) is 5. The highest BCUT2D eigenvalue weighted by Gasteiger charge is 2.21. The molecule has 1 unspecified atom stereocenters. The fourth-order valence-corrected chi connectivity index (χ4v) is 5.78. The van der Waals surface area contributed by atoms with Crippen molar-refractivity contribution in [1.82, 2.24) is 29.7 Å². The summed E-state index contributed by atoms with van der Waals surface area (Å²) < 4.78 is 16.2. The highest BCUT2D eigenvalue weighted by Crippen LogP contribution is 2.28. The van der Waals surface area contributed by atoms with Crippen molar-refractivity contribution in [3.05, 3.63) is 101 Å². The minimum atomic E-state index is -1.41. The second-order valence-corrected chi connectivity index (χ2v) is 14.7. The lowest BCUT2D eigenvalue weighted by molar-refractivity contribution is 0.193. The third-order valence-corrected chi connectivity index (χ3v) is 9.12. The van der Waals surface area contributed by atoms with Crippen LogP contribution < -0.4 is 22.7 Å². The molecule has 0 aliphatic carbocycles. The number of aromatic nitrogens is 3. The van der Waals surface area contributed by atoms with Crippen LogP contribution in [-0.4, -0.2) is 122 Å². The number of rotatable bonds is 12. The molecule has 0 aromatic carbocycles. The summed E-state index contributed by atoms with van der Waals surface area (Å²) >= 11 is 3.44. The largest absolute Gasteiger partial charge is 0.491 e. The molecule has 1 aliphatic heterocycles. The molecular weight excluding hydrogens is 765 g/mol. The molecule has 8 N–H and O–H groups in total. The summed E-state index contributed by atoms with van der Waals surface area (Å²) in [6.07, 6.45) is 9.90. The highest BCUT2D eigenvalue weighted by atomic mass is 79.9. The average molecular weight is 823 g/mol. The Balaban J connectivity index is 0.000000203. The molecule has 0 radical (unpaired) electrons. The number of ether oxygens (including phenoxy) is 1. The second kappa shape index (κ2) is 23.6. The molecule has 6 rings (SSSR count). The maximum atomic E-state index is 8.41. The molecule has 16 heteroatoms. The summed E-state index contributed by atoms with van der Waals surface area (Å²) in [6.45, 7) is 4.61. The Morgan fingerprint density at radius 3 is 1.73 bits per heavy atom. The van der Waals surface area contributed by atoms with Gasteiger partial charge >= 0.3 is 7.12 Å². The van der Waals surface area contributed by atoms with E-state index in [-0.39, 0.29) is 0 Å². The smallest absolute Gasteiger partial charge is 0.473 e. The maximum Gasteiger partial charge on any atom is 0.491 e. The zero-order chi connectivity index (χ0) is 40.3. The number of furan rings is 2. The summed E-state index contributed by atoms with van der Waals surface area (Å²) in [6, 6.07) is 15.0. The van der Waals surface area contributed by atoms with Gasteiger partial charge in [-0.2, -0.15) is 0 Å². The lowest BCUT2D eigenvalue weighted by Gasteiger charge is -2.16. The molecule has 5 aromatic heterocycles. The summed E-state index contributed by atoms with van der Waals surface area (Å²) in [5.74, 6) is 2.25. The first kappa shape index (κ1) is 45.1. The number of nitrogens with zero attached hydrogens (tertiary/aromatic N) is 6. The van der Waals surface area contributed by atoms with Crippen LogP contribution in [0.4, 0.5) is 17.5 Å². The molecule has 14 nitrogen and oxygen atoms in total. The molecule has 1 fully saturated rings. The summed E-state index contributed by atoms with van der Waals surface area (Å²) in [5.41, 5.74) is 24.1. The molecule has 6 heterocycles. The Morgan fingerprint density at radius 1 is 0.691 bits per heavy atom. The van der Waals surface area contributed by atoms with E-state index in [9.17, 15) is 0 Å². The van der Waals surface area contributed by atoms with Gasteiger partial charge in [0.25, 0.3) is 0 Å². The predicted octanol–water partition coefficient (Wildman–Crippen LogP) is 3.79. The molecule has 55 heavy (non-hydrogen) atoms. The van der Waals surface area contributed by atoms with E-state index in [2.05, 4.69) is 70.2 Å². The monoisotopic (exact) mass is 821 g/mol. The van der Waals surface area contributed by atoms with Crippen molar-refractivity contribution in [3.63, 3.8) is 0 Å². The van der Waals surface area contributed by atoms with Crippen LogP contribution in [0.5, 0.6) is 0 Å². The van der Waals surface area contributed by atoms with Crippen molar-refractivity contribution >= 4 is 46.0 Å². The van der Waals surface area contributed by atoms with Gasteiger partial charge in [0.1, 0.15) is 17.5 Å². The van der Waals surface area contributed by atoms with Crippen LogP contribution in [-0.2, 0) is 24.0 Å². The first-order valence-electron chi connectivity index (χ1n) is 18.1. The SMILES string of the molecule is CN(C)CCc1nc(N)ccc1-c1ccoc1.CN(C)CCc1nc(N)ccc1Br.CN(C)CCc1nc(N)ccc1C1CCOC1.OB(O)c1ccoc1. The number of likely N-dealkylation sites (N-methyl/N-ethyl adjacent to an activating group) is 3. The van der Waals surface area contributed by atoms with Crippen LogP contribution >= 0.6 is 15.9 Å². The Morgan fingerprint density at radius 2 is 1.22 bits per heavy atom. The number of halogens is 1. The zero-order valence-corrected chi connectivity index (χ0v) is 34.4. The first-order valence-corrected chi connectivity index (χ1v) is 18.9.